The number of likely N-dealkylation sites (N-methyl/N-ethyl adjacent to an activating group) is 1. The molecule has 2 amide bonds. The lowest BCUT2D eigenvalue weighted by molar-refractivity contribution is -0.133. The van der Waals surface area contributed by atoms with Crippen LogP contribution < -0.4 is 5.32 Å². The average molecular weight is 330 g/mol. The van der Waals surface area contributed by atoms with E-state index >= 15 is 0 Å². The number of carbonyl (C=O) groups is 2. The molecule has 0 bridgehead atoms. The number of amides is 2. The molecule has 1 aromatic carbocycles. The first-order valence-electron chi connectivity index (χ1n) is 7.60. The molecule has 0 radical (unpaired) electrons. The maximum absolute atomic E-state index is 12.2. The van der Waals surface area contributed by atoms with Crippen LogP contribution in [0.2, 0.25) is 0 Å². The summed E-state index contributed by atoms with van der Waals surface area (Å²) in [6.07, 6.45) is 1.15. The Morgan fingerprint density at radius 1 is 1.13 bits per heavy atom. The molecular formula is C18H22N2O2S. The van der Waals surface area contributed by atoms with Crippen LogP contribution in [-0.4, -0.2) is 30.3 Å². The van der Waals surface area contributed by atoms with Crippen LogP contribution in [0.1, 0.15) is 22.4 Å². The fourth-order valence-electron chi connectivity index (χ4n) is 2.37. The number of thiophene rings is 1. The number of nitrogens with one attached hydrogen (secondary N) is 1. The summed E-state index contributed by atoms with van der Waals surface area (Å²) in [5.74, 6) is -0.190. The third-order valence-corrected chi connectivity index (χ3v) is 4.65. The van der Waals surface area contributed by atoms with Crippen molar-refractivity contribution in [2.45, 2.75) is 26.7 Å². The van der Waals surface area contributed by atoms with Gasteiger partial charge in [0.1, 0.15) is 0 Å². The Morgan fingerprint density at radius 3 is 2.43 bits per heavy atom. The van der Waals surface area contributed by atoms with Gasteiger partial charge in [0, 0.05) is 24.0 Å². The van der Waals surface area contributed by atoms with E-state index in [-0.39, 0.29) is 18.4 Å². The number of benzene rings is 1. The molecule has 2 aromatic rings. The molecular weight excluding hydrogens is 308 g/mol. The van der Waals surface area contributed by atoms with Gasteiger partial charge in [0.25, 0.3) is 0 Å². The molecule has 0 saturated carbocycles. The van der Waals surface area contributed by atoms with Gasteiger partial charge in [-0.05, 0) is 42.8 Å². The molecule has 0 spiro atoms. The second-order valence-corrected chi connectivity index (χ2v) is 6.68. The van der Waals surface area contributed by atoms with Crippen LogP contribution in [-0.2, 0) is 16.0 Å². The Bertz CT molecular complexity index is 660. The number of nitrogens with zero attached hydrogens (tertiary/aromatic N) is 1. The SMILES string of the molecule is Cc1cccc(C)c1NC(=O)CN(C)C(=O)CCc1cccs1. The van der Waals surface area contributed by atoms with Crippen molar-refractivity contribution in [1.82, 2.24) is 4.90 Å². The normalized spacial score (nSPS) is 10.4. The van der Waals surface area contributed by atoms with Crippen LogP contribution in [0.4, 0.5) is 5.69 Å². The smallest absolute Gasteiger partial charge is 0.243 e. The summed E-state index contributed by atoms with van der Waals surface area (Å²) < 4.78 is 0. The van der Waals surface area contributed by atoms with Crippen molar-refractivity contribution < 1.29 is 9.59 Å². The second kappa shape index (κ2) is 7.92. The van der Waals surface area contributed by atoms with Crippen LogP contribution in [0.5, 0.6) is 0 Å². The number of rotatable bonds is 6. The zero-order valence-electron chi connectivity index (χ0n) is 13.8. The molecule has 0 atom stereocenters. The standard InChI is InChI=1S/C18H22N2O2S/c1-13-6-4-7-14(2)18(13)19-16(21)12-20(3)17(22)10-9-15-8-5-11-23-15/h4-8,11H,9-10,12H2,1-3H3,(H,19,21). The van der Waals surface area contributed by atoms with E-state index in [2.05, 4.69) is 5.32 Å². The van der Waals surface area contributed by atoms with E-state index in [0.717, 1.165) is 23.2 Å². The minimum absolute atomic E-state index is 0.0185. The number of aryl methyl sites for hydroxylation is 3. The fraction of sp³-hybridized carbons (Fsp3) is 0.333. The van der Waals surface area contributed by atoms with Gasteiger partial charge in [-0.2, -0.15) is 0 Å². The molecule has 0 saturated heterocycles. The van der Waals surface area contributed by atoms with Crippen molar-refractivity contribution in [3.63, 3.8) is 0 Å². The maximum Gasteiger partial charge on any atom is 0.243 e. The van der Waals surface area contributed by atoms with Crippen molar-refractivity contribution in [3.05, 3.63) is 51.7 Å². The van der Waals surface area contributed by atoms with Gasteiger partial charge in [0.15, 0.2) is 0 Å². The van der Waals surface area contributed by atoms with Gasteiger partial charge in [0.05, 0.1) is 6.54 Å². The molecule has 0 fully saturated rings. The van der Waals surface area contributed by atoms with Crippen molar-refractivity contribution >= 4 is 28.8 Å². The molecule has 1 N–H and O–H groups in total. The van der Waals surface area contributed by atoms with Crippen molar-refractivity contribution in [2.24, 2.45) is 0 Å². The summed E-state index contributed by atoms with van der Waals surface area (Å²) in [5, 5.41) is 4.90. The molecule has 4 nitrogen and oxygen atoms in total. The molecule has 0 aliphatic rings. The number of hydrogen-bond donors (Lipinski definition) is 1. The quantitative estimate of drug-likeness (QED) is 0.882. The first kappa shape index (κ1) is 17.2. The topological polar surface area (TPSA) is 49.4 Å². The Hall–Kier alpha value is -2.14. The highest BCUT2D eigenvalue weighted by atomic mass is 32.1. The van der Waals surface area contributed by atoms with E-state index in [1.165, 1.54) is 9.78 Å². The van der Waals surface area contributed by atoms with Crippen molar-refractivity contribution in [3.8, 4) is 0 Å². The van der Waals surface area contributed by atoms with E-state index in [1.807, 2.05) is 49.6 Å². The predicted octanol–water partition coefficient (Wildman–Crippen LogP) is 3.39. The number of hydrogen-bond acceptors (Lipinski definition) is 3. The van der Waals surface area contributed by atoms with Gasteiger partial charge >= 0.3 is 0 Å². The summed E-state index contributed by atoms with van der Waals surface area (Å²) >= 11 is 1.65. The lowest BCUT2D eigenvalue weighted by Crippen LogP contribution is -2.35. The first-order chi connectivity index (χ1) is 11.0. The van der Waals surface area contributed by atoms with Crippen LogP contribution in [0, 0.1) is 13.8 Å². The van der Waals surface area contributed by atoms with Crippen LogP contribution in [0.25, 0.3) is 0 Å². The molecule has 122 valence electrons. The average Bonchev–Trinajstić information content (AvgIpc) is 3.02. The molecule has 0 aliphatic heterocycles. The second-order valence-electron chi connectivity index (χ2n) is 5.64. The molecule has 1 aromatic heterocycles. The molecule has 0 aliphatic carbocycles. The van der Waals surface area contributed by atoms with E-state index in [1.54, 1.807) is 18.4 Å². The minimum Gasteiger partial charge on any atom is -0.336 e. The lowest BCUT2D eigenvalue weighted by atomic mass is 10.1. The fourth-order valence-corrected chi connectivity index (χ4v) is 3.08. The van der Waals surface area contributed by atoms with Gasteiger partial charge in [0.2, 0.25) is 11.8 Å². The summed E-state index contributed by atoms with van der Waals surface area (Å²) in [6, 6.07) is 9.87. The molecule has 23 heavy (non-hydrogen) atoms. The van der Waals surface area contributed by atoms with E-state index < -0.39 is 0 Å². The number of anilines is 1. The summed E-state index contributed by atoms with van der Waals surface area (Å²) in [7, 11) is 1.67. The largest absolute Gasteiger partial charge is 0.336 e. The van der Waals surface area contributed by atoms with Gasteiger partial charge < -0.3 is 10.2 Å². The number of carbonyl (C=O) groups excluding carboxylic acids is 2. The zero-order valence-corrected chi connectivity index (χ0v) is 14.6. The van der Waals surface area contributed by atoms with E-state index in [4.69, 9.17) is 0 Å². The summed E-state index contributed by atoms with van der Waals surface area (Å²) in [4.78, 5) is 26.9. The molecule has 5 heteroatoms. The van der Waals surface area contributed by atoms with E-state index in [0.29, 0.717) is 6.42 Å². The van der Waals surface area contributed by atoms with Crippen LogP contribution >= 0.6 is 11.3 Å². The minimum atomic E-state index is -0.172. The van der Waals surface area contributed by atoms with Gasteiger partial charge in [-0.3, -0.25) is 9.59 Å². The van der Waals surface area contributed by atoms with Crippen LogP contribution in [0.15, 0.2) is 35.7 Å². The zero-order chi connectivity index (χ0) is 16.8. The highest BCUT2D eigenvalue weighted by Gasteiger charge is 2.14. The Morgan fingerprint density at radius 2 is 1.83 bits per heavy atom. The monoisotopic (exact) mass is 330 g/mol. The summed E-state index contributed by atoms with van der Waals surface area (Å²) in [5.41, 5.74) is 2.87. The van der Waals surface area contributed by atoms with Gasteiger partial charge in [-0.1, -0.05) is 24.3 Å². The predicted molar refractivity (Wildman–Crippen MR) is 94.8 cm³/mol. The third kappa shape index (κ3) is 4.93. The van der Waals surface area contributed by atoms with E-state index in [9.17, 15) is 9.59 Å². The highest BCUT2D eigenvalue weighted by Crippen LogP contribution is 2.19. The first-order valence-corrected chi connectivity index (χ1v) is 8.47. The van der Waals surface area contributed by atoms with Crippen molar-refractivity contribution in [1.29, 1.82) is 0 Å². The molecule has 2 rings (SSSR count). The lowest BCUT2D eigenvalue weighted by Gasteiger charge is -2.18. The van der Waals surface area contributed by atoms with Gasteiger partial charge in [-0.25, -0.2) is 0 Å². The van der Waals surface area contributed by atoms with Gasteiger partial charge in [-0.15, -0.1) is 11.3 Å². The highest BCUT2D eigenvalue weighted by molar-refractivity contribution is 7.09. The Kier molecular flexibility index (Phi) is 5.93. The molecule has 1 heterocycles. The maximum atomic E-state index is 12.2. The number of para-hydroxylation sites is 1. The Labute approximate surface area is 141 Å². The van der Waals surface area contributed by atoms with Crippen molar-refractivity contribution in [2.75, 3.05) is 18.9 Å². The third-order valence-electron chi connectivity index (χ3n) is 3.72. The molecule has 0 unspecified atom stereocenters. The van der Waals surface area contributed by atoms with Crippen LogP contribution in [0.3, 0.4) is 0 Å². The summed E-state index contributed by atoms with van der Waals surface area (Å²) in [6.45, 7) is 3.98. The Balaban J connectivity index is 1.85.